The smallest absolute Gasteiger partial charge is 0.337 e. The maximum atomic E-state index is 11.7. The molecule has 5 nitrogen and oxygen atoms in total. The van der Waals surface area contributed by atoms with Gasteiger partial charge in [0.1, 0.15) is 12.4 Å². The average Bonchev–Trinajstić information content (AvgIpc) is 3.40. The number of para-hydroxylation sites is 1. The summed E-state index contributed by atoms with van der Waals surface area (Å²) >= 11 is 0. The van der Waals surface area contributed by atoms with Crippen molar-refractivity contribution in [2.24, 2.45) is 5.73 Å². The summed E-state index contributed by atoms with van der Waals surface area (Å²) < 4.78 is 7.71. The van der Waals surface area contributed by atoms with Crippen molar-refractivity contribution in [1.29, 1.82) is 0 Å². The number of aromatic carboxylic acids is 1. The Labute approximate surface area is 193 Å². The monoisotopic (exact) mass is 440 g/mol. The summed E-state index contributed by atoms with van der Waals surface area (Å²) in [6.07, 6.45) is 2.78. The van der Waals surface area contributed by atoms with E-state index in [2.05, 4.69) is 44.2 Å². The topological polar surface area (TPSA) is 77.5 Å². The summed E-state index contributed by atoms with van der Waals surface area (Å²) in [5.74, 6) is 0.374. The van der Waals surface area contributed by atoms with Gasteiger partial charge < -0.3 is 20.1 Å². The van der Waals surface area contributed by atoms with E-state index in [0.717, 1.165) is 34.2 Å². The normalized spacial score (nSPS) is 15.1. The molecule has 0 amide bonds. The van der Waals surface area contributed by atoms with Gasteiger partial charge in [-0.1, -0.05) is 50.2 Å². The molecular formula is C28H28N2O3. The minimum atomic E-state index is -0.900. The molecule has 3 N–H and O–H groups in total. The van der Waals surface area contributed by atoms with Crippen LogP contribution in [0.15, 0.2) is 66.9 Å². The minimum Gasteiger partial charge on any atom is -0.491 e. The third kappa shape index (κ3) is 4.00. The molecule has 0 spiro atoms. The number of carboxylic acid groups (broad SMARTS) is 1. The van der Waals surface area contributed by atoms with E-state index in [-0.39, 0.29) is 6.04 Å². The highest BCUT2D eigenvalue weighted by molar-refractivity contribution is 6.02. The number of benzene rings is 3. The van der Waals surface area contributed by atoms with Crippen LogP contribution in [0.25, 0.3) is 22.0 Å². The van der Waals surface area contributed by atoms with E-state index in [9.17, 15) is 9.90 Å². The molecule has 2 heterocycles. The number of nitrogens with two attached hydrogens (primary N) is 1. The van der Waals surface area contributed by atoms with Gasteiger partial charge in [0, 0.05) is 23.7 Å². The first-order valence-corrected chi connectivity index (χ1v) is 11.4. The number of hydrogen-bond donors (Lipinski definition) is 2. The van der Waals surface area contributed by atoms with E-state index in [1.54, 1.807) is 12.1 Å². The van der Waals surface area contributed by atoms with Crippen molar-refractivity contribution in [3.05, 3.63) is 89.1 Å². The summed E-state index contributed by atoms with van der Waals surface area (Å²) in [4.78, 5) is 11.7. The maximum absolute atomic E-state index is 11.7. The van der Waals surface area contributed by atoms with Gasteiger partial charge in [-0.15, -0.1) is 0 Å². The van der Waals surface area contributed by atoms with Crippen LogP contribution in [0.5, 0.6) is 5.75 Å². The first kappa shape index (κ1) is 21.3. The van der Waals surface area contributed by atoms with Crippen molar-refractivity contribution < 1.29 is 14.6 Å². The third-order valence-corrected chi connectivity index (χ3v) is 6.50. The predicted molar refractivity (Wildman–Crippen MR) is 131 cm³/mol. The molecule has 1 aromatic heterocycles. The number of rotatable bonds is 6. The van der Waals surface area contributed by atoms with Crippen molar-refractivity contribution in [3.63, 3.8) is 0 Å². The van der Waals surface area contributed by atoms with Crippen LogP contribution in [0.4, 0.5) is 0 Å². The van der Waals surface area contributed by atoms with Crippen LogP contribution in [-0.4, -0.2) is 22.2 Å². The van der Waals surface area contributed by atoms with Gasteiger partial charge in [-0.3, -0.25) is 0 Å². The van der Waals surface area contributed by atoms with Gasteiger partial charge in [0.25, 0.3) is 0 Å². The number of carboxylic acids is 1. The van der Waals surface area contributed by atoms with Gasteiger partial charge in [0.15, 0.2) is 0 Å². The Morgan fingerprint density at radius 3 is 2.76 bits per heavy atom. The minimum absolute atomic E-state index is 0.0850. The van der Waals surface area contributed by atoms with Crippen molar-refractivity contribution >= 4 is 16.9 Å². The lowest BCUT2D eigenvalue weighted by molar-refractivity contribution is 0.0698. The Kier molecular flexibility index (Phi) is 5.43. The van der Waals surface area contributed by atoms with Gasteiger partial charge in [-0.25, -0.2) is 4.79 Å². The van der Waals surface area contributed by atoms with E-state index in [1.807, 2.05) is 29.0 Å². The fourth-order valence-corrected chi connectivity index (χ4v) is 4.65. The number of aromatic nitrogens is 1. The molecule has 1 aliphatic heterocycles. The Hall–Kier alpha value is -3.57. The molecule has 0 aliphatic carbocycles. The lowest BCUT2D eigenvalue weighted by atomic mass is 9.92. The molecule has 0 radical (unpaired) electrons. The second-order valence-electron chi connectivity index (χ2n) is 9.10. The number of ether oxygens (including phenoxy) is 1. The Bertz CT molecular complexity index is 1350. The third-order valence-electron chi connectivity index (χ3n) is 6.50. The first-order valence-electron chi connectivity index (χ1n) is 11.4. The Morgan fingerprint density at radius 1 is 1.12 bits per heavy atom. The van der Waals surface area contributed by atoms with Crippen LogP contribution in [0.1, 0.15) is 52.9 Å². The van der Waals surface area contributed by atoms with Gasteiger partial charge >= 0.3 is 5.97 Å². The molecule has 3 aromatic carbocycles. The molecule has 4 aromatic rings. The molecular weight excluding hydrogens is 412 g/mol. The van der Waals surface area contributed by atoms with Crippen molar-refractivity contribution in [3.8, 4) is 16.9 Å². The zero-order valence-corrected chi connectivity index (χ0v) is 18.9. The van der Waals surface area contributed by atoms with Crippen LogP contribution >= 0.6 is 0 Å². The van der Waals surface area contributed by atoms with E-state index < -0.39 is 5.97 Å². The second-order valence-corrected chi connectivity index (χ2v) is 9.10. The molecule has 0 saturated carbocycles. The SMILES string of the molecule is CC(C)c1cc(CCn2ccc3cccc(C(=O)O)c32)cc(-c2ccc3c(c2)C(N)CO3)c1. The zero-order valence-electron chi connectivity index (χ0n) is 18.9. The van der Waals surface area contributed by atoms with Gasteiger partial charge in [-0.2, -0.15) is 0 Å². The summed E-state index contributed by atoms with van der Waals surface area (Å²) in [6, 6.07) is 20.3. The number of hydrogen-bond acceptors (Lipinski definition) is 3. The zero-order chi connectivity index (χ0) is 23.1. The van der Waals surface area contributed by atoms with Gasteiger partial charge in [-0.05, 0) is 58.9 Å². The predicted octanol–water partition coefficient (Wildman–Crippen LogP) is 5.76. The maximum Gasteiger partial charge on any atom is 0.337 e. The molecule has 0 fully saturated rings. The molecule has 168 valence electrons. The summed E-state index contributed by atoms with van der Waals surface area (Å²) in [5.41, 5.74) is 13.2. The lowest BCUT2D eigenvalue weighted by Gasteiger charge is -2.14. The highest BCUT2D eigenvalue weighted by Crippen LogP contribution is 2.36. The number of carbonyl (C=O) groups is 1. The fourth-order valence-electron chi connectivity index (χ4n) is 4.65. The van der Waals surface area contributed by atoms with Gasteiger partial charge in [0.2, 0.25) is 0 Å². The summed E-state index contributed by atoms with van der Waals surface area (Å²) in [5, 5.41) is 10.6. The average molecular weight is 441 g/mol. The van der Waals surface area contributed by atoms with E-state index in [4.69, 9.17) is 10.5 Å². The highest BCUT2D eigenvalue weighted by Gasteiger charge is 2.21. The molecule has 5 heteroatoms. The molecule has 33 heavy (non-hydrogen) atoms. The molecule has 1 unspecified atom stereocenters. The Balaban J connectivity index is 1.49. The summed E-state index contributed by atoms with van der Waals surface area (Å²) in [6.45, 7) is 5.64. The van der Waals surface area contributed by atoms with Crippen molar-refractivity contribution in [2.75, 3.05) is 6.61 Å². The van der Waals surface area contributed by atoms with Crippen LogP contribution < -0.4 is 10.5 Å². The van der Waals surface area contributed by atoms with Crippen molar-refractivity contribution in [2.45, 2.75) is 38.8 Å². The van der Waals surface area contributed by atoms with E-state index in [1.165, 1.54) is 16.7 Å². The molecule has 5 rings (SSSR count). The van der Waals surface area contributed by atoms with Crippen molar-refractivity contribution in [1.82, 2.24) is 4.57 Å². The van der Waals surface area contributed by atoms with Crippen LogP contribution in [-0.2, 0) is 13.0 Å². The fraction of sp³-hybridized carbons (Fsp3) is 0.250. The molecule has 0 bridgehead atoms. The molecule has 1 aliphatic rings. The van der Waals surface area contributed by atoms with Crippen LogP contribution in [0.2, 0.25) is 0 Å². The van der Waals surface area contributed by atoms with E-state index >= 15 is 0 Å². The number of fused-ring (bicyclic) bond motifs is 2. The lowest BCUT2D eigenvalue weighted by Crippen LogP contribution is -2.10. The number of aryl methyl sites for hydroxylation is 2. The quantitative estimate of drug-likeness (QED) is 0.399. The standard InChI is InChI=1S/C28H28N2O3/c1-17(2)21-12-18(8-10-30-11-9-19-4-3-5-23(27(19)30)28(31)32)13-22(14-21)20-6-7-26-24(15-20)25(29)16-33-26/h3-7,9,11-15,17,25H,8,10,16,29H2,1-2H3,(H,31,32). The van der Waals surface area contributed by atoms with Crippen LogP contribution in [0, 0.1) is 0 Å². The Morgan fingerprint density at radius 2 is 1.97 bits per heavy atom. The summed E-state index contributed by atoms with van der Waals surface area (Å²) in [7, 11) is 0. The second kappa shape index (κ2) is 8.41. The largest absolute Gasteiger partial charge is 0.491 e. The van der Waals surface area contributed by atoms with Gasteiger partial charge in [0.05, 0.1) is 17.1 Å². The molecule has 0 saturated heterocycles. The highest BCUT2D eigenvalue weighted by atomic mass is 16.5. The number of nitrogens with zero attached hydrogens (tertiary/aromatic N) is 1. The molecule has 1 atom stereocenters. The van der Waals surface area contributed by atoms with Crippen LogP contribution in [0.3, 0.4) is 0 Å². The first-order chi connectivity index (χ1) is 15.9. The van der Waals surface area contributed by atoms with E-state index in [0.29, 0.717) is 24.6 Å².